The lowest BCUT2D eigenvalue weighted by Crippen LogP contribution is -2.52. The third-order valence-electron chi connectivity index (χ3n) is 5.67. The maximum atomic E-state index is 13.5. The summed E-state index contributed by atoms with van der Waals surface area (Å²) in [5.74, 6) is -0.235. The van der Waals surface area contributed by atoms with E-state index in [0.29, 0.717) is 23.5 Å². The first kappa shape index (κ1) is 20.6. The molecule has 1 unspecified atom stereocenters. The number of carbonyl (C=O) groups is 2. The van der Waals surface area contributed by atoms with E-state index in [1.165, 1.54) is 5.01 Å². The van der Waals surface area contributed by atoms with Crippen LogP contribution in [0.5, 0.6) is 5.75 Å². The Labute approximate surface area is 191 Å². The van der Waals surface area contributed by atoms with Crippen molar-refractivity contribution in [3.05, 3.63) is 108 Å². The minimum atomic E-state index is -0.583. The highest BCUT2D eigenvalue weighted by Gasteiger charge is 2.34. The van der Waals surface area contributed by atoms with Gasteiger partial charge in [0.05, 0.1) is 17.7 Å². The fourth-order valence-corrected chi connectivity index (χ4v) is 4.09. The lowest BCUT2D eigenvalue weighted by Gasteiger charge is -2.38. The Morgan fingerprint density at radius 2 is 1.67 bits per heavy atom. The minimum absolute atomic E-state index is 0.287. The summed E-state index contributed by atoms with van der Waals surface area (Å²) in [6.45, 7) is 2.29. The molecule has 6 heteroatoms. The van der Waals surface area contributed by atoms with Crippen LogP contribution < -0.4 is 15.5 Å². The zero-order valence-electron chi connectivity index (χ0n) is 18.1. The Hall–Kier alpha value is -4.32. The largest absolute Gasteiger partial charge is 0.493 e. The second kappa shape index (κ2) is 8.67. The van der Waals surface area contributed by atoms with Gasteiger partial charge in [0.25, 0.3) is 11.8 Å². The van der Waals surface area contributed by atoms with Gasteiger partial charge in [-0.2, -0.15) is 0 Å². The number of ether oxygens (including phenoxy) is 1. The second-order valence-electron chi connectivity index (χ2n) is 7.74. The average Bonchev–Trinajstić information content (AvgIpc) is 2.86. The van der Waals surface area contributed by atoms with Crippen LogP contribution in [0.4, 0.5) is 5.69 Å². The highest BCUT2D eigenvalue weighted by molar-refractivity contribution is 6.04. The van der Waals surface area contributed by atoms with Gasteiger partial charge in [-0.1, -0.05) is 60.7 Å². The molecule has 0 saturated heterocycles. The molecule has 4 aromatic rings. The zero-order chi connectivity index (χ0) is 22.8. The monoisotopic (exact) mass is 437 g/mol. The number of carbonyl (C=O) groups excluding carboxylic acids is 2. The predicted octanol–water partition coefficient (Wildman–Crippen LogP) is 5.15. The van der Waals surface area contributed by atoms with Gasteiger partial charge in [0.15, 0.2) is 0 Å². The Balaban J connectivity index is 1.55. The molecule has 0 aromatic heterocycles. The molecule has 0 spiro atoms. The molecule has 164 valence electrons. The molecular weight excluding hydrogens is 414 g/mol. The first-order chi connectivity index (χ1) is 16.2. The van der Waals surface area contributed by atoms with Gasteiger partial charge in [0.2, 0.25) is 0 Å². The molecule has 1 aliphatic heterocycles. The molecule has 0 radical (unpaired) electrons. The summed E-state index contributed by atoms with van der Waals surface area (Å²) in [7, 11) is 0. The van der Waals surface area contributed by atoms with Crippen LogP contribution in [-0.4, -0.2) is 23.4 Å². The van der Waals surface area contributed by atoms with Crippen LogP contribution in [0.3, 0.4) is 0 Å². The van der Waals surface area contributed by atoms with Crippen molar-refractivity contribution in [1.29, 1.82) is 0 Å². The Morgan fingerprint density at radius 3 is 2.52 bits per heavy atom. The quantitative estimate of drug-likeness (QED) is 0.453. The van der Waals surface area contributed by atoms with Crippen molar-refractivity contribution in [1.82, 2.24) is 10.4 Å². The number of para-hydroxylation sites is 2. The van der Waals surface area contributed by atoms with Crippen LogP contribution in [0.1, 0.15) is 39.4 Å². The number of anilines is 1. The van der Waals surface area contributed by atoms with Crippen LogP contribution in [0.2, 0.25) is 0 Å². The Bertz CT molecular complexity index is 1350. The zero-order valence-corrected chi connectivity index (χ0v) is 18.1. The van der Waals surface area contributed by atoms with Gasteiger partial charge in [-0.3, -0.25) is 15.0 Å². The Kier molecular flexibility index (Phi) is 5.40. The van der Waals surface area contributed by atoms with Crippen molar-refractivity contribution in [3.8, 4) is 5.75 Å². The smallest absolute Gasteiger partial charge is 0.276 e. The van der Waals surface area contributed by atoms with Crippen molar-refractivity contribution in [2.75, 3.05) is 11.9 Å². The Morgan fingerprint density at radius 1 is 0.939 bits per heavy atom. The number of nitrogens with one attached hydrogen (secondary N) is 2. The molecule has 0 saturated carbocycles. The fourth-order valence-electron chi connectivity index (χ4n) is 4.09. The fraction of sp³-hybridized carbons (Fsp3) is 0.111. The van der Waals surface area contributed by atoms with Crippen molar-refractivity contribution >= 4 is 28.3 Å². The summed E-state index contributed by atoms with van der Waals surface area (Å²) < 4.78 is 5.61. The number of benzene rings is 4. The first-order valence-electron chi connectivity index (χ1n) is 10.9. The van der Waals surface area contributed by atoms with Crippen LogP contribution in [0, 0.1) is 0 Å². The maximum Gasteiger partial charge on any atom is 0.276 e. The van der Waals surface area contributed by atoms with E-state index in [0.717, 1.165) is 22.0 Å². The van der Waals surface area contributed by atoms with Crippen LogP contribution in [-0.2, 0) is 0 Å². The molecular formula is C27H23N3O3. The van der Waals surface area contributed by atoms with E-state index in [9.17, 15) is 9.59 Å². The molecule has 2 N–H and O–H groups in total. The van der Waals surface area contributed by atoms with Crippen LogP contribution in [0.15, 0.2) is 91.0 Å². The summed E-state index contributed by atoms with van der Waals surface area (Å²) in [5.41, 5.74) is 5.26. The SMILES string of the molecule is CCOc1ccccc1C(=O)NN1C(=O)c2ccccc2NC1c1ccc2ccccc2c1. The van der Waals surface area contributed by atoms with E-state index in [2.05, 4.69) is 10.7 Å². The number of rotatable bonds is 5. The van der Waals surface area contributed by atoms with Gasteiger partial charge in [-0.05, 0) is 53.6 Å². The summed E-state index contributed by atoms with van der Waals surface area (Å²) in [6.07, 6.45) is -0.583. The summed E-state index contributed by atoms with van der Waals surface area (Å²) in [4.78, 5) is 26.7. The molecule has 0 fully saturated rings. The lowest BCUT2D eigenvalue weighted by molar-refractivity contribution is 0.0489. The summed E-state index contributed by atoms with van der Waals surface area (Å²) >= 11 is 0. The average molecular weight is 437 g/mol. The molecule has 2 amide bonds. The van der Waals surface area contributed by atoms with Crippen molar-refractivity contribution in [2.45, 2.75) is 13.1 Å². The molecule has 6 nitrogen and oxygen atoms in total. The summed E-state index contributed by atoms with van der Waals surface area (Å²) in [5, 5.41) is 6.93. The molecule has 1 atom stereocenters. The van der Waals surface area contributed by atoms with Crippen LogP contribution in [0.25, 0.3) is 10.8 Å². The van der Waals surface area contributed by atoms with E-state index >= 15 is 0 Å². The molecule has 1 heterocycles. The number of amides is 2. The van der Waals surface area contributed by atoms with Crippen molar-refractivity contribution in [2.24, 2.45) is 0 Å². The highest BCUT2D eigenvalue weighted by atomic mass is 16.5. The van der Waals surface area contributed by atoms with E-state index in [-0.39, 0.29) is 5.91 Å². The number of hydrogen-bond acceptors (Lipinski definition) is 4. The molecule has 0 bridgehead atoms. The highest BCUT2D eigenvalue weighted by Crippen LogP contribution is 2.33. The van der Waals surface area contributed by atoms with Gasteiger partial charge in [0, 0.05) is 5.69 Å². The van der Waals surface area contributed by atoms with Crippen molar-refractivity contribution < 1.29 is 14.3 Å². The molecule has 0 aliphatic carbocycles. The van der Waals surface area contributed by atoms with E-state index in [1.54, 1.807) is 30.3 Å². The number of nitrogens with zero attached hydrogens (tertiary/aromatic N) is 1. The number of hydrazine groups is 1. The van der Waals surface area contributed by atoms with Crippen LogP contribution >= 0.6 is 0 Å². The van der Waals surface area contributed by atoms with Crippen molar-refractivity contribution in [3.63, 3.8) is 0 Å². The minimum Gasteiger partial charge on any atom is -0.493 e. The topological polar surface area (TPSA) is 70.7 Å². The third kappa shape index (κ3) is 3.87. The first-order valence-corrected chi connectivity index (χ1v) is 10.9. The van der Waals surface area contributed by atoms with Gasteiger partial charge in [0.1, 0.15) is 11.9 Å². The third-order valence-corrected chi connectivity index (χ3v) is 5.67. The molecule has 33 heavy (non-hydrogen) atoms. The normalized spacial score (nSPS) is 15.0. The van der Waals surface area contributed by atoms with E-state index in [1.807, 2.05) is 67.6 Å². The van der Waals surface area contributed by atoms with E-state index in [4.69, 9.17) is 4.74 Å². The molecule has 5 rings (SSSR count). The lowest BCUT2D eigenvalue weighted by atomic mass is 10.0. The predicted molar refractivity (Wildman–Crippen MR) is 128 cm³/mol. The maximum absolute atomic E-state index is 13.5. The van der Waals surface area contributed by atoms with Gasteiger partial charge in [-0.15, -0.1) is 0 Å². The number of fused-ring (bicyclic) bond motifs is 2. The second-order valence-corrected chi connectivity index (χ2v) is 7.74. The standard InChI is InChI=1S/C27H23N3O3/c1-2-33-24-14-8-6-12-22(24)26(31)29-30-25(28-23-13-7-5-11-21(23)27(30)32)20-16-15-18-9-3-4-10-19(18)17-20/h3-17,25,28H,2H2,1H3,(H,29,31). The van der Waals surface area contributed by atoms with Gasteiger partial charge >= 0.3 is 0 Å². The molecule has 1 aliphatic rings. The van der Waals surface area contributed by atoms with E-state index < -0.39 is 12.1 Å². The van der Waals surface area contributed by atoms with Gasteiger partial charge in [-0.25, -0.2) is 5.01 Å². The van der Waals surface area contributed by atoms with Gasteiger partial charge < -0.3 is 10.1 Å². The molecule has 4 aromatic carbocycles. The number of hydrogen-bond donors (Lipinski definition) is 2. The summed E-state index contributed by atoms with van der Waals surface area (Å²) in [6, 6.07) is 28.3.